The zero-order valence-electron chi connectivity index (χ0n) is 25.7. The molecule has 5 rings (SSSR count). The summed E-state index contributed by atoms with van der Waals surface area (Å²) in [5.74, 6) is 0.377. The number of ether oxygens (including phenoxy) is 1. The van der Waals surface area contributed by atoms with Crippen LogP contribution in [0.1, 0.15) is 114 Å². The van der Waals surface area contributed by atoms with Crippen LogP contribution in [0.3, 0.4) is 0 Å². The van der Waals surface area contributed by atoms with Crippen LogP contribution in [0.4, 0.5) is 0 Å². The van der Waals surface area contributed by atoms with Crippen molar-refractivity contribution in [2.75, 3.05) is 0 Å². The first-order valence-corrected chi connectivity index (χ1v) is 15.3. The van der Waals surface area contributed by atoms with Gasteiger partial charge in [0.1, 0.15) is 18.0 Å². The molecule has 5 nitrogen and oxygen atoms in total. The molecule has 0 aromatic rings. The first-order chi connectivity index (χ1) is 17.9. The third-order valence-electron chi connectivity index (χ3n) is 13.7. The van der Waals surface area contributed by atoms with E-state index in [-0.39, 0.29) is 74.2 Å². The van der Waals surface area contributed by atoms with E-state index in [9.17, 15) is 19.6 Å². The van der Waals surface area contributed by atoms with Crippen molar-refractivity contribution in [3.63, 3.8) is 0 Å². The monoisotopic (exact) mass is 535 g/mol. The van der Waals surface area contributed by atoms with Gasteiger partial charge < -0.3 is 4.74 Å². The van der Waals surface area contributed by atoms with Gasteiger partial charge in [-0.25, -0.2) is 0 Å². The van der Waals surface area contributed by atoms with E-state index in [2.05, 4.69) is 47.6 Å². The summed E-state index contributed by atoms with van der Waals surface area (Å²) < 4.78 is 5.92. The highest BCUT2D eigenvalue weighted by atomic mass is 16.5. The quantitative estimate of drug-likeness (QED) is 0.348. The predicted octanol–water partition coefficient (Wildman–Crippen LogP) is 7.24. The number of hydrogen-bond acceptors (Lipinski definition) is 5. The first-order valence-electron chi connectivity index (χ1n) is 15.3. The molecular weight excluding hydrogens is 486 g/mol. The molecule has 0 heterocycles. The van der Waals surface area contributed by atoms with Gasteiger partial charge in [0.2, 0.25) is 0 Å². The lowest BCUT2D eigenvalue weighted by Gasteiger charge is -2.72. The number of nitriles is 1. The van der Waals surface area contributed by atoms with E-state index in [1.807, 2.05) is 19.9 Å². The average Bonchev–Trinajstić information content (AvgIpc) is 2.82. The van der Waals surface area contributed by atoms with Gasteiger partial charge in [0.15, 0.2) is 5.78 Å². The molecule has 5 aliphatic carbocycles. The van der Waals surface area contributed by atoms with Crippen LogP contribution < -0.4 is 0 Å². The van der Waals surface area contributed by atoms with Crippen molar-refractivity contribution in [1.29, 1.82) is 5.26 Å². The third-order valence-corrected chi connectivity index (χ3v) is 13.7. The molecule has 0 aliphatic heterocycles. The van der Waals surface area contributed by atoms with Crippen molar-refractivity contribution in [3.8, 4) is 6.07 Å². The summed E-state index contributed by atoms with van der Waals surface area (Å²) in [7, 11) is 0. The van der Waals surface area contributed by atoms with Crippen LogP contribution in [0.15, 0.2) is 11.6 Å². The zero-order valence-corrected chi connectivity index (χ0v) is 25.7. The van der Waals surface area contributed by atoms with Crippen molar-refractivity contribution in [3.05, 3.63) is 11.6 Å². The molecule has 5 heteroatoms. The second kappa shape index (κ2) is 8.53. The highest BCUT2D eigenvalue weighted by molar-refractivity contribution is 6.04. The molecule has 4 saturated carbocycles. The Kier molecular flexibility index (Phi) is 6.24. The lowest BCUT2D eigenvalue weighted by Crippen LogP contribution is -2.69. The Morgan fingerprint density at radius 1 is 0.974 bits per heavy atom. The first kappa shape index (κ1) is 28.6. The number of rotatable bonds is 2. The molecule has 0 N–H and O–H groups in total. The Morgan fingerprint density at radius 3 is 2.23 bits per heavy atom. The molecule has 5 aliphatic rings. The highest BCUT2D eigenvalue weighted by Crippen LogP contribution is 2.76. The van der Waals surface area contributed by atoms with Crippen LogP contribution in [0.2, 0.25) is 0 Å². The van der Waals surface area contributed by atoms with Crippen molar-refractivity contribution in [1.82, 2.24) is 0 Å². The maximum absolute atomic E-state index is 14.6. The van der Waals surface area contributed by atoms with E-state index in [4.69, 9.17) is 4.74 Å². The molecular formula is C34H49NO4. The lowest BCUT2D eigenvalue weighted by molar-refractivity contribution is -0.235. The Labute approximate surface area is 235 Å². The normalized spacial score (nSPS) is 46.8. The summed E-state index contributed by atoms with van der Waals surface area (Å²) in [4.78, 5) is 40.0. The molecule has 0 bridgehead atoms. The predicted molar refractivity (Wildman–Crippen MR) is 150 cm³/mol. The van der Waals surface area contributed by atoms with Crippen LogP contribution in [-0.2, 0) is 19.1 Å². The summed E-state index contributed by atoms with van der Waals surface area (Å²) in [6, 6.07) is 2.22. The number of carbonyl (C=O) groups excluding carboxylic acids is 3. The van der Waals surface area contributed by atoms with Crippen molar-refractivity contribution >= 4 is 17.5 Å². The molecule has 2 unspecified atom stereocenters. The number of nitrogens with zero attached hydrogens (tertiary/aromatic N) is 1. The van der Waals surface area contributed by atoms with Crippen LogP contribution in [-0.4, -0.2) is 23.6 Å². The largest absolute Gasteiger partial charge is 0.462 e. The Bertz CT molecular complexity index is 1190. The van der Waals surface area contributed by atoms with Gasteiger partial charge in [-0.2, -0.15) is 5.26 Å². The fourth-order valence-corrected chi connectivity index (χ4v) is 11.4. The smallest absolute Gasteiger partial charge is 0.302 e. The number of allylic oxidation sites excluding steroid dienone is 2. The van der Waals surface area contributed by atoms with Gasteiger partial charge in [-0.1, -0.05) is 54.5 Å². The van der Waals surface area contributed by atoms with Gasteiger partial charge in [0, 0.05) is 30.1 Å². The summed E-state index contributed by atoms with van der Waals surface area (Å²) in [5, 5.41) is 9.93. The summed E-state index contributed by atoms with van der Waals surface area (Å²) in [6.07, 6.45) is 9.14. The molecule has 0 aromatic heterocycles. The lowest BCUT2D eigenvalue weighted by atomic mass is 9.31. The van der Waals surface area contributed by atoms with Crippen LogP contribution in [0, 0.1) is 67.5 Å². The Balaban J connectivity index is 1.63. The molecule has 9 atom stereocenters. The SMILES string of the molecule is CC(=O)OC(C)[C@]12CCC(C)(C)C[C@H]1[C@H]1C(=O)CC3[C@@]4(C)C=C(C#N)C(=O)C(C)(C)[C@@H]4CC[C@@]3(C)[C@]1(C)CC2. The van der Waals surface area contributed by atoms with Gasteiger partial charge in [-0.15, -0.1) is 0 Å². The molecule has 39 heavy (non-hydrogen) atoms. The summed E-state index contributed by atoms with van der Waals surface area (Å²) in [6.45, 7) is 19.3. The maximum Gasteiger partial charge on any atom is 0.302 e. The van der Waals surface area contributed by atoms with Gasteiger partial charge in [0.25, 0.3) is 0 Å². The average molecular weight is 536 g/mol. The highest BCUT2D eigenvalue weighted by Gasteiger charge is 2.72. The summed E-state index contributed by atoms with van der Waals surface area (Å²) in [5.41, 5.74) is -1.04. The van der Waals surface area contributed by atoms with Crippen LogP contribution >= 0.6 is 0 Å². The number of esters is 1. The maximum atomic E-state index is 14.6. The Hall–Kier alpha value is -1.96. The van der Waals surface area contributed by atoms with Crippen molar-refractivity contribution in [2.24, 2.45) is 56.2 Å². The fourth-order valence-electron chi connectivity index (χ4n) is 11.4. The van der Waals surface area contributed by atoms with Gasteiger partial charge in [0.05, 0.1) is 5.57 Å². The van der Waals surface area contributed by atoms with Gasteiger partial charge in [-0.05, 0) is 91.3 Å². The van der Waals surface area contributed by atoms with Crippen LogP contribution in [0.25, 0.3) is 0 Å². The van der Waals surface area contributed by atoms with E-state index < -0.39 is 5.41 Å². The van der Waals surface area contributed by atoms with E-state index >= 15 is 0 Å². The molecule has 0 aromatic carbocycles. The van der Waals surface area contributed by atoms with Gasteiger partial charge in [-0.3, -0.25) is 14.4 Å². The standard InChI is InChI=1S/C34H49NO4/c1-20(39-21(2)36)34-14-12-29(3,4)18-23(34)27-24(37)16-26-31(7)17-22(19-35)28(38)30(5,6)25(31)10-11-32(26,8)33(27,9)13-15-34/h17,20,23,25-27H,10-16,18H2,1-9H3/t20?,23-,25-,26?,27-,31-,32+,33+,34+/m0/s1. The van der Waals surface area contributed by atoms with E-state index in [1.165, 1.54) is 6.92 Å². The second-order valence-electron chi connectivity index (χ2n) is 16.2. The van der Waals surface area contributed by atoms with E-state index in [0.717, 1.165) is 44.9 Å². The number of carbonyl (C=O) groups is 3. The fraction of sp³-hybridized carbons (Fsp3) is 0.824. The third kappa shape index (κ3) is 3.64. The number of ketones is 2. The summed E-state index contributed by atoms with van der Waals surface area (Å²) >= 11 is 0. The molecule has 0 saturated heterocycles. The zero-order chi connectivity index (χ0) is 29.0. The number of Topliss-reactive ketones (excluding diaryl/α,β-unsaturated/α-hetero) is 2. The molecule has 0 radical (unpaired) electrons. The number of hydrogen-bond donors (Lipinski definition) is 0. The van der Waals surface area contributed by atoms with Crippen LogP contribution in [0.5, 0.6) is 0 Å². The molecule has 214 valence electrons. The van der Waals surface area contributed by atoms with E-state index in [0.29, 0.717) is 12.2 Å². The molecule has 0 amide bonds. The minimum absolute atomic E-state index is 0.0475. The van der Waals surface area contributed by atoms with Crippen molar-refractivity contribution in [2.45, 2.75) is 120 Å². The second-order valence-corrected chi connectivity index (χ2v) is 16.2. The van der Waals surface area contributed by atoms with Gasteiger partial charge >= 0.3 is 5.97 Å². The Morgan fingerprint density at radius 2 is 1.62 bits per heavy atom. The molecule has 4 fully saturated rings. The topological polar surface area (TPSA) is 84.2 Å². The van der Waals surface area contributed by atoms with Crippen molar-refractivity contribution < 1.29 is 19.1 Å². The minimum Gasteiger partial charge on any atom is -0.462 e. The van der Waals surface area contributed by atoms with E-state index in [1.54, 1.807) is 0 Å². The minimum atomic E-state index is -0.620. The number of fused-ring (bicyclic) bond motifs is 7. The molecule has 0 spiro atoms.